The molecule has 1 aliphatic rings. The van der Waals surface area contributed by atoms with Crippen molar-refractivity contribution in [3.63, 3.8) is 0 Å². The normalized spacial score (nSPS) is 19.9. The number of aliphatic hydroxyl groups excluding tert-OH is 1. The van der Waals surface area contributed by atoms with E-state index in [9.17, 15) is 5.11 Å². The molecule has 16 heavy (non-hydrogen) atoms. The SMILES string of the molecule is OC(CCN1CCNCC1)c1ccc(Cl)s1. The van der Waals surface area contributed by atoms with E-state index < -0.39 is 0 Å². The molecule has 5 heteroatoms. The van der Waals surface area contributed by atoms with E-state index >= 15 is 0 Å². The van der Waals surface area contributed by atoms with Crippen molar-refractivity contribution in [2.24, 2.45) is 0 Å². The van der Waals surface area contributed by atoms with Gasteiger partial charge in [0.2, 0.25) is 0 Å². The van der Waals surface area contributed by atoms with Crippen LogP contribution in [0.25, 0.3) is 0 Å². The Morgan fingerprint density at radius 2 is 2.19 bits per heavy atom. The van der Waals surface area contributed by atoms with Gasteiger partial charge in [0.1, 0.15) is 0 Å². The van der Waals surface area contributed by atoms with Crippen molar-refractivity contribution >= 4 is 22.9 Å². The standard InChI is InChI=1S/C11H17ClN2OS/c12-11-2-1-10(16-11)9(15)3-6-14-7-4-13-5-8-14/h1-2,9,13,15H,3-8H2. The summed E-state index contributed by atoms with van der Waals surface area (Å²) in [6.07, 6.45) is 0.420. The first-order chi connectivity index (χ1) is 7.75. The van der Waals surface area contributed by atoms with Gasteiger partial charge in [0, 0.05) is 37.6 Å². The van der Waals surface area contributed by atoms with E-state index in [1.54, 1.807) is 0 Å². The van der Waals surface area contributed by atoms with E-state index in [4.69, 9.17) is 11.6 Å². The fraction of sp³-hybridized carbons (Fsp3) is 0.636. The van der Waals surface area contributed by atoms with Gasteiger partial charge < -0.3 is 15.3 Å². The zero-order valence-electron chi connectivity index (χ0n) is 9.16. The molecule has 0 aliphatic carbocycles. The zero-order valence-corrected chi connectivity index (χ0v) is 10.7. The molecule has 1 aliphatic heterocycles. The summed E-state index contributed by atoms with van der Waals surface area (Å²) in [6, 6.07) is 3.75. The van der Waals surface area contributed by atoms with Crippen LogP contribution in [0.15, 0.2) is 12.1 Å². The van der Waals surface area contributed by atoms with E-state index in [0.717, 1.165) is 48.4 Å². The van der Waals surface area contributed by atoms with Gasteiger partial charge in [-0.3, -0.25) is 0 Å². The van der Waals surface area contributed by atoms with Crippen LogP contribution in [0.3, 0.4) is 0 Å². The third-order valence-corrected chi connectivity index (χ3v) is 4.18. The van der Waals surface area contributed by atoms with Gasteiger partial charge in [0.05, 0.1) is 10.4 Å². The second-order valence-electron chi connectivity index (χ2n) is 4.04. The maximum Gasteiger partial charge on any atom is 0.0932 e. The lowest BCUT2D eigenvalue weighted by molar-refractivity contribution is 0.139. The molecule has 0 radical (unpaired) electrons. The highest BCUT2D eigenvalue weighted by atomic mass is 35.5. The molecule has 0 saturated carbocycles. The smallest absolute Gasteiger partial charge is 0.0932 e. The van der Waals surface area contributed by atoms with Gasteiger partial charge in [-0.25, -0.2) is 0 Å². The quantitative estimate of drug-likeness (QED) is 0.866. The van der Waals surface area contributed by atoms with Crippen molar-refractivity contribution in [2.45, 2.75) is 12.5 Å². The lowest BCUT2D eigenvalue weighted by atomic mass is 10.2. The van der Waals surface area contributed by atoms with Gasteiger partial charge in [0.15, 0.2) is 0 Å². The first-order valence-electron chi connectivity index (χ1n) is 5.62. The highest BCUT2D eigenvalue weighted by Gasteiger charge is 2.14. The van der Waals surface area contributed by atoms with Crippen LogP contribution >= 0.6 is 22.9 Å². The Bertz CT molecular complexity index is 326. The number of rotatable bonds is 4. The summed E-state index contributed by atoms with van der Waals surface area (Å²) in [4.78, 5) is 3.36. The van der Waals surface area contributed by atoms with Crippen molar-refractivity contribution in [1.29, 1.82) is 0 Å². The maximum absolute atomic E-state index is 9.97. The van der Waals surface area contributed by atoms with Crippen molar-refractivity contribution in [3.8, 4) is 0 Å². The lowest BCUT2D eigenvalue weighted by Gasteiger charge is -2.27. The Labute approximate surface area is 105 Å². The molecule has 0 bridgehead atoms. The van der Waals surface area contributed by atoms with E-state index in [1.807, 2.05) is 12.1 Å². The first-order valence-corrected chi connectivity index (χ1v) is 6.81. The predicted octanol–water partition coefficient (Wildman–Crippen LogP) is 1.73. The molecule has 0 spiro atoms. The van der Waals surface area contributed by atoms with E-state index in [0.29, 0.717) is 0 Å². The molecule has 1 aromatic heterocycles. The molecule has 1 fully saturated rings. The summed E-state index contributed by atoms with van der Waals surface area (Å²) in [7, 11) is 0. The van der Waals surface area contributed by atoms with Gasteiger partial charge in [-0.15, -0.1) is 11.3 Å². The maximum atomic E-state index is 9.97. The van der Waals surface area contributed by atoms with Crippen molar-refractivity contribution < 1.29 is 5.11 Å². The summed E-state index contributed by atoms with van der Waals surface area (Å²) < 4.78 is 0.747. The minimum absolute atomic E-state index is 0.368. The number of nitrogens with one attached hydrogen (secondary N) is 1. The minimum atomic E-state index is -0.368. The Morgan fingerprint density at radius 3 is 2.81 bits per heavy atom. The Morgan fingerprint density at radius 1 is 1.44 bits per heavy atom. The highest BCUT2D eigenvalue weighted by molar-refractivity contribution is 7.16. The molecule has 1 aromatic rings. The van der Waals surface area contributed by atoms with Crippen LogP contribution in [-0.4, -0.2) is 42.7 Å². The molecule has 2 N–H and O–H groups in total. The zero-order chi connectivity index (χ0) is 11.4. The molecule has 1 saturated heterocycles. The number of hydrogen-bond donors (Lipinski definition) is 2. The average Bonchev–Trinajstić information content (AvgIpc) is 2.74. The summed E-state index contributed by atoms with van der Waals surface area (Å²) in [5.74, 6) is 0. The lowest BCUT2D eigenvalue weighted by Crippen LogP contribution is -2.43. The molecular weight excluding hydrogens is 244 g/mol. The van der Waals surface area contributed by atoms with Gasteiger partial charge in [-0.1, -0.05) is 11.6 Å². The summed E-state index contributed by atoms with van der Waals surface area (Å²) in [6.45, 7) is 5.23. The van der Waals surface area contributed by atoms with E-state index in [2.05, 4.69) is 10.2 Å². The number of aliphatic hydroxyl groups is 1. The highest BCUT2D eigenvalue weighted by Crippen LogP contribution is 2.28. The van der Waals surface area contributed by atoms with Crippen LogP contribution < -0.4 is 5.32 Å². The molecular formula is C11H17ClN2OS. The first kappa shape index (κ1) is 12.3. The van der Waals surface area contributed by atoms with E-state index in [1.165, 1.54) is 11.3 Å². The second-order valence-corrected chi connectivity index (χ2v) is 5.78. The van der Waals surface area contributed by atoms with Crippen LogP contribution in [0.2, 0.25) is 4.34 Å². The summed E-state index contributed by atoms with van der Waals surface area (Å²) in [5.41, 5.74) is 0. The van der Waals surface area contributed by atoms with Crippen LogP contribution in [0.1, 0.15) is 17.4 Å². The monoisotopic (exact) mass is 260 g/mol. The van der Waals surface area contributed by atoms with Gasteiger partial charge in [-0.2, -0.15) is 0 Å². The van der Waals surface area contributed by atoms with Crippen molar-refractivity contribution in [3.05, 3.63) is 21.3 Å². The van der Waals surface area contributed by atoms with Gasteiger partial charge in [0.25, 0.3) is 0 Å². The third kappa shape index (κ3) is 3.43. The number of nitrogens with zero attached hydrogens (tertiary/aromatic N) is 1. The topological polar surface area (TPSA) is 35.5 Å². The molecule has 2 rings (SSSR count). The van der Waals surface area contributed by atoms with E-state index in [-0.39, 0.29) is 6.10 Å². The number of thiophene rings is 1. The molecule has 2 heterocycles. The van der Waals surface area contributed by atoms with Crippen LogP contribution in [0, 0.1) is 0 Å². The Kier molecular flexibility index (Phi) is 4.61. The van der Waals surface area contributed by atoms with Crippen LogP contribution in [-0.2, 0) is 0 Å². The molecule has 0 amide bonds. The van der Waals surface area contributed by atoms with Crippen LogP contribution in [0.4, 0.5) is 0 Å². The molecule has 1 atom stereocenters. The summed E-state index contributed by atoms with van der Waals surface area (Å²) >= 11 is 7.31. The second kappa shape index (κ2) is 5.98. The molecule has 1 unspecified atom stereocenters. The van der Waals surface area contributed by atoms with Gasteiger partial charge >= 0.3 is 0 Å². The fourth-order valence-corrected chi connectivity index (χ4v) is 2.97. The van der Waals surface area contributed by atoms with Gasteiger partial charge in [-0.05, 0) is 18.6 Å². The Balaban J connectivity index is 1.76. The predicted molar refractivity (Wildman–Crippen MR) is 68.2 cm³/mol. The largest absolute Gasteiger partial charge is 0.388 e. The average molecular weight is 261 g/mol. The number of hydrogen-bond acceptors (Lipinski definition) is 4. The summed E-state index contributed by atoms with van der Waals surface area (Å²) in [5, 5.41) is 13.3. The molecule has 3 nitrogen and oxygen atoms in total. The number of piperazine rings is 1. The minimum Gasteiger partial charge on any atom is -0.388 e. The third-order valence-electron chi connectivity index (χ3n) is 2.85. The van der Waals surface area contributed by atoms with Crippen molar-refractivity contribution in [2.75, 3.05) is 32.7 Å². The van der Waals surface area contributed by atoms with Crippen LogP contribution in [0.5, 0.6) is 0 Å². The number of halogens is 1. The molecule has 90 valence electrons. The van der Waals surface area contributed by atoms with Crippen molar-refractivity contribution in [1.82, 2.24) is 10.2 Å². The fourth-order valence-electron chi connectivity index (χ4n) is 1.89. The molecule has 0 aromatic carbocycles. The Hall–Kier alpha value is -0.130.